The minimum absolute atomic E-state index is 0.124. The van der Waals surface area contributed by atoms with Gasteiger partial charge in [-0.05, 0) is 29.8 Å². The smallest absolute Gasteiger partial charge is 0.267 e. The van der Waals surface area contributed by atoms with Crippen LogP contribution in [0.4, 0.5) is 0 Å². The molecule has 0 aliphatic rings. The number of aromatic amines is 1. The lowest BCUT2D eigenvalue weighted by atomic mass is 10.2. The molecule has 2 N–H and O–H groups in total. The lowest BCUT2D eigenvalue weighted by Gasteiger charge is -2.04. The molecule has 0 fully saturated rings. The van der Waals surface area contributed by atoms with Crippen LogP contribution in [0.3, 0.4) is 0 Å². The van der Waals surface area contributed by atoms with Gasteiger partial charge in [0.05, 0.1) is 0 Å². The average Bonchev–Trinajstić information content (AvgIpc) is 2.89. The van der Waals surface area contributed by atoms with E-state index in [2.05, 4.69) is 10.3 Å². The highest BCUT2D eigenvalue weighted by atomic mass is 35.5. The first-order chi connectivity index (χ1) is 9.72. The Balaban J connectivity index is 1.73. The molecule has 0 atom stereocenters. The number of amides is 1. The number of hydrogen-bond donors (Lipinski definition) is 2. The van der Waals surface area contributed by atoms with Gasteiger partial charge in [-0.1, -0.05) is 41.9 Å². The maximum absolute atomic E-state index is 12.1. The van der Waals surface area contributed by atoms with Crippen molar-refractivity contribution in [3.05, 3.63) is 70.9 Å². The molecule has 3 rings (SSSR count). The topological polar surface area (TPSA) is 44.9 Å². The van der Waals surface area contributed by atoms with Crippen LogP contribution in [0.1, 0.15) is 16.1 Å². The van der Waals surface area contributed by atoms with E-state index in [0.29, 0.717) is 17.3 Å². The number of aromatic nitrogens is 1. The lowest BCUT2D eigenvalue weighted by molar-refractivity contribution is 0.0947. The van der Waals surface area contributed by atoms with Crippen molar-refractivity contribution in [2.45, 2.75) is 6.54 Å². The van der Waals surface area contributed by atoms with Gasteiger partial charge in [-0.3, -0.25) is 4.79 Å². The molecule has 0 aliphatic heterocycles. The van der Waals surface area contributed by atoms with E-state index in [-0.39, 0.29) is 5.91 Å². The summed E-state index contributed by atoms with van der Waals surface area (Å²) in [6.07, 6.45) is 0. The van der Waals surface area contributed by atoms with E-state index in [1.54, 1.807) is 0 Å². The Morgan fingerprint density at radius 3 is 2.75 bits per heavy atom. The van der Waals surface area contributed by atoms with Gasteiger partial charge in [0.25, 0.3) is 5.91 Å². The van der Waals surface area contributed by atoms with E-state index in [1.807, 2.05) is 54.6 Å². The summed E-state index contributed by atoms with van der Waals surface area (Å²) in [6, 6.07) is 17.1. The molecule has 3 aromatic rings. The maximum Gasteiger partial charge on any atom is 0.267 e. The van der Waals surface area contributed by atoms with Crippen molar-refractivity contribution >= 4 is 28.4 Å². The largest absolute Gasteiger partial charge is 0.351 e. The van der Waals surface area contributed by atoms with Crippen LogP contribution < -0.4 is 5.32 Å². The van der Waals surface area contributed by atoms with Gasteiger partial charge in [-0.2, -0.15) is 0 Å². The molecule has 0 unspecified atom stereocenters. The molecule has 1 aromatic heterocycles. The number of carbonyl (C=O) groups is 1. The molecule has 3 nitrogen and oxygen atoms in total. The molecule has 0 spiro atoms. The van der Waals surface area contributed by atoms with E-state index >= 15 is 0 Å². The Hall–Kier alpha value is -2.26. The Bertz CT molecular complexity index is 731. The van der Waals surface area contributed by atoms with Crippen molar-refractivity contribution in [2.75, 3.05) is 0 Å². The number of halogens is 1. The normalized spacial score (nSPS) is 10.7. The van der Waals surface area contributed by atoms with E-state index in [1.165, 1.54) is 0 Å². The summed E-state index contributed by atoms with van der Waals surface area (Å²) >= 11 is 5.91. The van der Waals surface area contributed by atoms with Gasteiger partial charge >= 0.3 is 0 Å². The van der Waals surface area contributed by atoms with Crippen LogP contribution in [-0.4, -0.2) is 10.9 Å². The molecule has 0 saturated heterocycles. The minimum Gasteiger partial charge on any atom is -0.351 e. The summed E-state index contributed by atoms with van der Waals surface area (Å²) in [5.74, 6) is -0.124. The minimum atomic E-state index is -0.124. The second kappa shape index (κ2) is 5.39. The molecule has 1 amide bonds. The Morgan fingerprint density at radius 1 is 1.10 bits per heavy atom. The predicted octanol–water partition coefficient (Wildman–Crippen LogP) is 3.75. The number of hydrogen-bond acceptors (Lipinski definition) is 1. The molecule has 2 aromatic carbocycles. The van der Waals surface area contributed by atoms with Gasteiger partial charge < -0.3 is 10.3 Å². The highest BCUT2D eigenvalue weighted by Gasteiger charge is 2.08. The summed E-state index contributed by atoms with van der Waals surface area (Å²) in [5.41, 5.74) is 2.50. The van der Waals surface area contributed by atoms with Crippen LogP contribution >= 0.6 is 11.6 Å². The van der Waals surface area contributed by atoms with Crippen LogP contribution in [0.15, 0.2) is 54.6 Å². The van der Waals surface area contributed by atoms with Crippen molar-refractivity contribution in [1.82, 2.24) is 10.3 Å². The number of benzene rings is 2. The van der Waals surface area contributed by atoms with Crippen molar-refractivity contribution in [3.8, 4) is 0 Å². The van der Waals surface area contributed by atoms with Gasteiger partial charge in [0, 0.05) is 22.5 Å². The molecular weight excluding hydrogens is 272 g/mol. The first kappa shape index (κ1) is 12.8. The average molecular weight is 285 g/mol. The highest BCUT2D eigenvalue weighted by molar-refractivity contribution is 6.30. The molecule has 0 bridgehead atoms. The van der Waals surface area contributed by atoms with E-state index < -0.39 is 0 Å². The molecule has 0 radical (unpaired) electrons. The SMILES string of the molecule is O=C(NCc1cccc(Cl)c1)c1cc2ccccc2[nH]1. The molecule has 4 heteroatoms. The first-order valence-corrected chi connectivity index (χ1v) is 6.70. The molecule has 20 heavy (non-hydrogen) atoms. The Labute approximate surface area is 121 Å². The van der Waals surface area contributed by atoms with Crippen LogP contribution in [0.5, 0.6) is 0 Å². The van der Waals surface area contributed by atoms with Crippen molar-refractivity contribution < 1.29 is 4.79 Å². The quantitative estimate of drug-likeness (QED) is 0.756. The monoisotopic (exact) mass is 284 g/mol. The molecule has 0 saturated carbocycles. The molecule has 0 aliphatic carbocycles. The van der Waals surface area contributed by atoms with E-state index in [9.17, 15) is 4.79 Å². The Morgan fingerprint density at radius 2 is 1.95 bits per heavy atom. The zero-order chi connectivity index (χ0) is 13.9. The first-order valence-electron chi connectivity index (χ1n) is 6.33. The van der Waals surface area contributed by atoms with Gasteiger partial charge in [0.15, 0.2) is 0 Å². The van der Waals surface area contributed by atoms with E-state index in [0.717, 1.165) is 16.5 Å². The number of carbonyl (C=O) groups excluding carboxylic acids is 1. The van der Waals surface area contributed by atoms with Gasteiger partial charge in [-0.15, -0.1) is 0 Å². The number of fused-ring (bicyclic) bond motifs is 1. The van der Waals surface area contributed by atoms with Crippen LogP contribution in [-0.2, 0) is 6.54 Å². The van der Waals surface area contributed by atoms with Crippen LogP contribution in [0.2, 0.25) is 5.02 Å². The molecule has 1 heterocycles. The third kappa shape index (κ3) is 2.68. The predicted molar refractivity (Wildman–Crippen MR) is 80.9 cm³/mol. The maximum atomic E-state index is 12.1. The summed E-state index contributed by atoms with van der Waals surface area (Å²) in [6.45, 7) is 0.453. The summed E-state index contributed by atoms with van der Waals surface area (Å²) in [5, 5.41) is 4.57. The third-order valence-electron chi connectivity index (χ3n) is 3.12. The van der Waals surface area contributed by atoms with Crippen molar-refractivity contribution in [2.24, 2.45) is 0 Å². The summed E-state index contributed by atoms with van der Waals surface area (Å²) in [4.78, 5) is 15.2. The number of H-pyrrole nitrogens is 1. The lowest BCUT2D eigenvalue weighted by Crippen LogP contribution is -2.23. The second-order valence-electron chi connectivity index (χ2n) is 4.58. The number of rotatable bonds is 3. The summed E-state index contributed by atoms with van der Waals surface area (Å²) in [7, 11) is 0. The zero-order valence-corrected chi connectivity index (χ0v) is 11.4. The highest BCUT2D eigenvalue weighted by Crippen LogP contribution is 2.15. The fourth-order valence-electron chi connectivity index (χ4n) is 2.12. The molecular formula is C16H13ClN2O. The van der Waals surface area contributed by atoms with Crippen molar-refractivity contribution in [1.29, 1.82) is 0 Å². The van der Waals surface area contributed by atoms with E-state index in [4.69, 9.17) is 11.6 Å². The summed E-state index contributed by atoms with van der Waals surface area (Å²) < 4.78 is 0. The van der Waals surface area contributed by atoms with Gasteiger partial charge in [-0.25, -0.2) is 0 Å². The van der Waals surface area contributed by atoms with Gasteiger partial charge in [0.2, 0.25) is 0 Å². The fraction of sp³-hybridized carbons (Fsp3) is 0.0625. The Kier molecular flexibility index (Phi) is 3.44. The second-order valence-corrected chi connectivity index (χ2v) is 5.02. The van der Waals surface area contributed by atoms with Crippen LogP contribution in [0.25, 0.3) is 10.9 Å². The van der Waals surface area contributed by atoms with Crippen molar-refractivity contribution in [3.63, 3.8) is 0 Å². The fourth-order valence-corrected chi connectivity index (χ4v) is 2.33. The third-order valence-corrected chi connectivity index (χ3v) is 3.35. The number of para-hydroxylation sites is 1. The van der Waals surface area contributed by atoms with Gasteiger partial charge in [0.1, 0.15) is 5.69 Å². The standard InChI is InChI=1S/C16H13ClN2O/c17-13-6-3-4-11(8-13)10-18-16(20)15-9-12-5-1-2-7-14(12)19-15/h1-9,19H,10H2,(H,18,20). The zero-order valence-electron chi connectivity index (χ0n) is 10.7. The number of nitrogens with one attached hydrogen (secondary N) is 2. The van der Waals surface area contributed by atoms with Crippen LogP contribution in [0, 0.1) is 0 Å². The molecule has 100 valence electrons.